The van der Waals surface area contributed by atoms with Crippen molar-refractivity contribution in [1.29, 1.82) is 0 Å². The Kier molecular flexibility index (Phi) is 9.37. The normalized spacial score (nSPS) is 24.0. The van der Waals surface area contributed by atoms with Crippen LogP contribution < -0.4 is 11.1 Å². The molecule has 2 aliphatic rings. The second-order valence-electron chi connectivity index (χ2n) is 13.2. The van der Waals surface area contributed by atoms with Gasteiger partial charge in [-0.1, -0.05) is 30.3 Å². The van der Waals surface area contributed by atoms with E-state index in [9.17, 15) is 33.1 Å². The van der Waals surface area contributed by atoms with Gasteiger partial charge in [0.2, 0.25) is 11.8 Å². The number of nitrogens with zero attached hydrogens (tertiary/aromatic N) is 2. The van der Waals surface area contributed by atoms with Crippen molar-refractivity contribution in [2.24, 2.45) is 17.6 Å². The smallest absolute Gasteiger partial charge is 0.407 e. The molecule has 4 atom stereocenters. The van der Waals surface area contributed by atoms with Crippen molar-refractivity contribution in [2.75, 3.05) is 6.67 Å². The van der Waals surface area contributed by atoms with Crippen molar-refractivity contribution in [1.82, 2.24) is 14.8 Å². The Hall–Kier alpha value is -4.48. The predicted octanol–water partition coefficient (Wildman–Crippen LogP) is 5.52. The molecule has 5 rings (SSSR count). The number of aromatic carboxylic acids is 1. The van der Waals surface area contributed by atoms with Crippen LogP contribution in [0.25, 0.3) is 10.9 Å². The zero-order valence-corrected chi connectivity index (χ0v) is 26.1. The molecular weight excluding hydrogens is 598 g/mol. The minimum absolute atomic E-state index is 0.0466. The number of fused-ring (bicyclic) bond motifs is 1. The molecular formula is C34H40F2N4O6. The van der Waals surface area contributed by atoms with Crippen LogP contribution >= 0.6 is 0 Å². The summed E-state index contributed by atoms with van der Waals surface area (Å²) in [5, 5.41) is 13.5. The van der Waals surface area contributed by atoms with Crippen molar-refractivity contribution < 1.29 is 37.8 Å². The molecule has 2 unspecified atom stereocenters. The minimum Gasteiger partial charge on any atom is -0.477 e. The Labute approximate surface area is 265 Å². The molecule has 4 N–H and O–H groups in total. The fourth-order valence-electron chi connectivity index (χ4n) is 7.11. The lowest BCUT2D eigenvalue weighted by Crippen LogP contribution is -2.51. The molecule has 1 aromatic heterocycles. The van der Waals surface area contributed by atoms with Gasteiger partial charge in [-0.05, 0) is 88.6 Å². The molecule has 46 heavy (non-hydrogen) atoms. The van der Waals surface area contributed by atoms with Gasteiger partial charge in [0.1, 0.15) is 36.0 Å². The number of primary amides is 1. The van der Waals surface area contributed by atoms with Gasteiger partial charge in [0.25, 0.3) is 0 Å². The Morgan fingerprint density at radius 1 is 1.04 bits per heavy atom. The van der Waals surface area contributed by atoms with E-state index in [2.05, 4.69) is 5.32 Å². The summed E-state index contributed by atoms with van der Waals surface area (Å²) < 4.78 is 34.8. The van der Waals surface area contributed by atoms with Crippen molar-refractivity contribution >= 4 is 34.8 Å². The summed E-state index contributed by atoms with van der Waals surface area (Å²) >= 11 is 0. The largest absolute Gasteiger partial charge is 0.477 e. The zero-order chi connectivity index (χ0) is 33.3. The van der Waals surface area contributed by atoms with Crippen LogP contribution in [0.15, 0.2) is 54.6 Å². The van der Waals surface area contributed by atoms with E-state index in [-0.39, 0.29) is 23.9 Å². The lowest BCUT2D eigenvalue weighted by molar-refractivity contribution is -0.146. The number of amides is 3. The third-order valence-electron chi connectivity index (χ3n) is 9.13. The lowest BCUT2D eigenvalue weighted by Gasteiger charge is -2.38. The van der Waals surface area contributed by atoms with Crippen LogP contribution in [0.3, 0.4) is 0 Å². The van der Waals surface area contributed by atoms with Gasteiger partial charge in [0.15, 0.2) is 0 Å². The first kappa shape index (κ1) is 32.9. The van der Waals surface area contributed by atoms with Gasteiger partial charge in [0, 0.05) is 17.2 Å². The highest BCUT2D eigenvalue weighted by molar-refractivity contribution is 5.95. The predicted molar refractivity (Wildman–Crippen MR) is 166 cm³/mol. The molecule has 1 aliphatic heterocycles. The number of halogens is 2. The Bertz CT molecular complexity index is 1610. The van der Waals surface area contributed by atoms with Gasteiger partial charge >= 0.3 is 12.1 Å². The molecule has 3 aromatic rings. The Morgan fingerprint density at radius 3 is 2.28 bits per heavy atom. The lowest BCUT2D eigenvalue weighted by atomic mass is 9.78. The number of nitrogens with two attached hydrogens (primary N) is 1. The molecule has 0 spiro atoms. The molecule has 10 nitrogen and oxygen atoms in total. The zero-order valence-electron chi connectivity index (χ0n) is 26.1. The number of para-hydroxylation sites is 1. The number of carboxylic acid groups (broad SMARTS) is 1. The van der Waals surface area contributed by atoms with E-state index in [1.807, 2.05) is 0 Å². The van der Waals surface area contributed by atoms with Gasteiger partial charge in [0.05, 0.1) is 11.6 Å². The number of carbonyl (C=O) groups excluding carboxylic acids is 3. The van der Waals surface area contributed by atoms with Crippen LogP contribution in [0.2, 0.25) is 0 Å². The first-order valence-electron chi connectivity index (χ1n) is 15.5. The third kappa shape index (κ3) is 6.70. The number of alkyl halides is 1. The minimum atomic E-state index is -1.19. The summed E-state index contributed by atoms with van der Waals surface area (Å²) in [7, 11) is 0. The van der Waals surface area contributed by atoms with E-state index in [0.29, 0.717) is 42.1 Å². The quantitative estimate of drug-likeness (QED) is 0.297. The van der Waals surface area contributed by atoms with E-state index < -0.39 is 66.1 Å². The molecule has 1 aliphatic carbocycles. The molecule has 0 bridgehead atoms. The fourth-order valence-corrected chi connectivity index (χ4v) is 7.11. The molecule has 2 aromatic carbocycles. The van der Waals surface area contributed by atoms with Crippen LogP contribution in [0.4, 0.5) is 13.6 Å². The molecule has 12 heteroatoms. The Morgan fingerprint density at radius 2 is 1.70 bits per heavy atom. The van der Waals surface area contributed by atoms with Crippen molar-refractivity contribution in [2.45, 2.75) is 82.6 Å². The highest BCUT2D eigenvalue weighted by Crippen LogP contribution is 2.47. The monoisotopic (exact) mass is 638 g/mol. The van der Waals surface area contributed by atoms with Gasteiger partial charge in [-0.15, -0.1) is 0 Å². The number of rotatable bonds is 8. The number of ether oxygens (including phenoxy) is 1. The van der Waals surface area contributed by atoms with E-state index in [1.165, 1.54) is 23.1 Å². The number of hydrogen-bond donors (Lipinski definition) is 3. The first-order chi connectivity index (χ1) is 21.8. The third-order valence-corrected chi connectivity index (χ3v) is 9.13. The van der Waals surface area contributed by atoms with Gasteiger partial charge in [-0.2, -0.15) is 0 Å². The van der Waals surface area contributed by atoms with Crippen molar-refractivity contribution in [3.63, 3.8) is 0 Å². The number of nitrogens with one attached hydrogen (secondary N) is 1. The molecule has 3 amide bonds. The topological polar surface area (TPSA) is 144 Å². The van der Waals surface area contributed by atoms with Crippen LogP contribution in [0, 0.1) is 17.7 Å². The molecule has 246 valence electrons. The first-order valence-corrected chi connectivity index (χ1v) is 15.5. The van der Waals surface area contributed by atoms with E-state index >= 15 is 0 Å². The summed E-state index contributed by atoms with van der Waals surface area (Å²) in [6, 6.07) is 12.3. The number of benzene rings is 2. The van der Waals surface area contributed by atoms with Gasteiger partial charge in [-0.3, -0.25) is 9.59 Å². The van der Waals surface area contributed by atoms with Crippen LogP contribution in [0.1, 0.15) is 81.0 Å². The number of carboxylic acids is 1. The summed E-state index contributed by atoms with van der Waals surface area (Å²) in [4.78, 5) is 53.9. The van der Waals surface area contributed by atoms with Gasteiger partial charge < -0.3 is 30.4 Å². The molecule has 2 fully saturated rings. The number of alkyl carbamates (subject to hydrolysis) is 1. The summed E-state index contributed by atoms with van der Waals surface area (Å²) in [5.74, 6) is -4.18. The SMILES string of the molecule is CC(C)(C)OC(=O)NC(CF)[C@H]1CC[C@H](C(=O)N2C(n3c(C(=O)O)cc4ccccc43)C[C@@H](c3ccc(F)cc3)[C@H]2C(N)=O)CC1. The summed E-state index contributed by atoms with van der Waals surface area (Å²) in [5.41, 5.74) is 6.37. The molecule has 1 saturated carbocycles. The second kappa shape index (κ2) is 13.1. The number of hydrogen-bond acceptors (Lipinski definition) is 5. The second-order valence-corrected chi connectivity index (χ2v) is 13.2. The van der Waals surface area contributed by atoms with Crippen molar-refractivity contribution in [3.8, 4) is 0 Å². The van der Waals surface area contributed by atoms with Gasteiger partial charge in [-0.25, -0.2) is 18.4 Å². The number of aromatic nitrogens is 1. The fraction of sp³-hybridized carbons (Fsp3) is 0.471. The van der Waals surface area contributed by atoms with Crippen LogP contribution in [0.5, 0.6) is 0 Å². The van der Waals surface area contributed by atoms with E-state index in [4.69, 9.17) is 10.5 Å². The average molecular weight is 639 g/mol. The highest BCUT2D eigenvalue weighted by Gasteiger charge is 2.51. The maximum absolute atomic E-state index is 14.5. The summed E-state index contributed by atoms with van der Waals surface area (Å²) in [6.45, 7) is 4.36. The Balaban J connectivity index is 1.47. The maximum Gasteiger partial charge on any atom is 0.407 e. The van der Waals surface area contributed by atoms with Crippen LogP contribution in [-0.4, -0.2) is 62.8 Å². The molecule has 0 radical (unpaired) electrons. The van der Waals surface area contributed by atoms with E-state index in [1.54, 1.807) is 61.7 Å². The van der Waals surface area contributed by atoms with E-state index in [0.717, 1.165) is 0 Å². The highest BCUT2D eigenvalue weighted by atomic mass is 19.1. The standard InChI is InChI=1S/C34H40F2N4O6/c1-34(2,3)46-33(45)38-25(18-35)20-8-10-21(11-9-20)31(42)40-28(39-26-7-5-4-6-22(26)16-27(39)32(43)44)17-24(29(40)30(37)41)19-12-14-23(36)15-13-19/h4-7,12-16,20-21,24-25,28-29H,8-11,17-18H2,1-3H3,(H2,37,41)(H,38,45)(H,43,44)/t20-,21-,24-,25?,28?,29-/m0/s1. The average Bonchev–Trinajstić information content (AvgIpc) is 3.58. The molecule has 2 heterocycles. The summed E-state index contributed by atoms with van der Waals surface area (Å²) in [6.07, 6.45) is 0.189. The number of carbonyl (C=O) groups is 4. The number of likely N-dealkylation sites (tertiary alicyclic amines) is 1. The van der Waals surface area contributed by atoms with Crippen LogP contribution in [-0.2, 0) is 14.3 Å². The van der Waals surface area contributed by atoms with Crippen molar-refractivity contribution in [3.05, 3.63) is 71.7 Å². The molecule has 1 saturated heterocycles. The maximum atomic E-state index is 14.5.